The molecule has 0 saturated carbocycles. The molecule has 1 aromatic carbocycles. The van der Waals surface area contributed by atoms with E-state index < -0.39 is 0 Å². The van der Waals surface area contributed by atoms with Crippen LogP contribution in [0.5, 0.6) is 0 Å². The van der Waals surface area contributed by atoms with Gasteiger partial charge in [0, 0.05) is 19.6 Å². The molecule has 0 amide bonds. The van der Waals surface area contributed by atoms with Crippen molar-refractivity contribution in [2.45, 2.75) is 39.2 Å². The Morgan fingerprint density at radius 3 is 2.57 bits per heavy atom. The lowest BCUT2D eigenvalue weighted by molar-refractivity contribution is 0.0374. The number of nitrogens with one attached hydrogen (secondary N) is 1. The third kappa shape index (κ3) is 5.42. The topological polar surface area (TPSA) is 24.5 Å². The molecule has 0 bridgehead atoms. The summed E-state index contributed by atoms with van der Waals surface area (Å²) in [5, 5.41) is 3.60. The fraction of sp³-hybridized carbons (Fsp3) is 0.667. The van der Waals surface area contributed by atoms with Crippen molar-refractivity contribution in [1.82, 2.24) is 10.2 Å². The summed E-state index contributed by atoms with van der Waals surface area (Å²) in [7, 11) is 0. The summed E-state index contributed by atoms with van der Waals surface area (Å²) in [6, 6.07) is 8.78. The normalized spacial score (nSPS) is 17.1. The average molecular weight is 290 g/mol. The maximum atomic E-state index is 5.37. The minimum absolute atomic E-state index is 0.214. The molecule has 0 unspecified atom stereocenters. The molecule has 2 rings (SSSR count). The van der Waals surface area contributed by atoms with E-state index in [0.29, 0.717) is 0 Å². The highest BCUT2D eigenvalue weighted by Crippen LogP contribution is 2.25. The second-order valence-electron chi connectivity index (χ2n) is 6.89. The van der Waals surface area contributed by atoms with Gasteiger partial charge < -0.3 is 10.1 Å². The highest BCUT2D eigenvalue weighted by Gasteiger charge is 2.16. The molecule has 3 nitrogen and oxygen atoms in total. The Morgan fingerprint density at radius 1 is 1.14 bits per heavy atom. The number of morpholine rings is 1. The standard InChI is InChI=1S/C18H30N2O/c1-18(2,3)17-8-5-4-7-16(17)15-19-9-6-10-20-11-13-21-14-12-20/h4-5,7-8,19H,6,9-15H2,1-3H3. The number of rotatable bonds is 6. The molecule has 1 N–H and O–H groups in total. The largest absolute Gasteiger partial charge is 0.379 e. The molecule has 3 heteroatoms. The Hall–Kier alpha value is -0.900. The van der Waals surface area contributed by atoms with Gasteiger partial charge in [-0.25, -0.2) is 0 Å². The fourth-order valence-corrected chi connectivity index (χ4v) is 2.88. The van der Waals surface area contributed by atoms with E-state index in [0.717, 1.165) is 39.4 Å². The van der Waals surface area contributed by atoms with Crippen molar-refractivity contribution in [2.24, 2.45) is 0 Å². The van der Waals surface area contributed by atoms with Gasteiger partial charge in [-0.2, -0.15) is 0 Å². The molecular weight excluding hydrogens is 260 g/mol. The van der Waals surface area contributed by atoms with Gasteiger partial charge in [0.15, 0.2) is 0 Å². The van der Waals surface area contributed by atoms with E-state index in [9.17, 15) is 0 Å². The molecule has 0 radical (unpaired) electrons. The van der Waals surface area contributed by atoms with Crippen LogP contribution in [0.25, 0.3) is 0 Å². The van der Waals surface area contributed by atoms with Crippen LogP contribution < -0.4 is 5.32 Å². The van der Waals surface area contributed by atoms with Crippen LogP contribution in [-0.2, 0) is 16.7 Å². The lowest BCUT2D eigenvalue weighted by atomic mass is 9.84. The van der Waals surface area contributed by atoms with Gasteiger partial charge in [-0.05, 0) is 36.1 Å². The Labute approximate surface area is 129 Å². The van der Waals surface area contributed by atoms with Crippen molar-refractivity contribution in [3.63, 3.8) is 0 Å². The summed E-state index contributed by atoms with van der Waals surface area (Å²) in [6.45, 7) is 14.0. The molecule has 1 fully saturated rings. The van der Waals surface area contributed by atoms with Gasteiger partial charge in [-0.3, -0.25) is 4.90 Å². The van der Waals surface area contributed by atoms with Crippen LogP contribution in [0.1, 0.15) is 38.3 Å². The summed E-state index contributed by atoms with van der Waals surface area (Å²) in [5.41, 5.74) is 3.09. The highest BCUT2D eigenvalue weighted by molar-refractivity contribution is 5.32. The maximum absolute atomic E-state index is 5.37. The molecule has 1 heterocycles. The van der Waals surface area contributed by atoms with E-state index >= 15 is 0 Å². The van der Waals surface area contributed by atoms with Gasteiger partial charge >= 0.3 is 0 Å². The predicted molar refractivity (Wildman–Crippen MR) is 88.7 cm³/mol. The van der Waals surface area contributed by atoms with E-state index in [-0.39, 0.29) is 5.41 Å². The quantitative estimate of drug-likeness (QED) is 0.815. The van der Waals surface area contributed by atoms with Gasteiger partial charge in [0.1, 0.15) is 0 Å². The van der Waals surface area contributed by atoms with Crippen molar-refractivity contribution < 1.29 is 4.74 Å². The van der Waals surface area contributed by atoms with Crippen molar-refractivity contribution in [1.29, 1.82) is 0 Å². The second-order valence-corrected chi connectivity index (χ2v) is 6.89. The van der Waals surface area contributed by atoms with Crippen molar-refractivity contribution >= 4 is 0 Å². The molecule has 21 heavy (non-hydrogen) atoms. The van der Waals surface area contributed by atoms with Crippen LogP contribution in [0.4, 0.5) is 0 Å². The summed E-state index contributed by atoms with van der Waals surface area (Å²) in [4.78, 5) is 2.49. The molecule has 0 aromatic heterocycles. The Kier molecular flexibility index (Phi) is 6.22. The number of nitrogens with zero attached hydrogens (tertiary/aromatic N) is 1. The number of ether oxygens (including phenoxy) is 1. The molecule has 0 spiro atoms. The first-order valence-corrected chi connectivity index (χ1v) is 8.16. The monoisotopic (exact) mass is 290 g/mol. The zero-order chi connectivity index (χ0) is 15.1. The second kappa shape index (κ2) is 7.92. The molecule has 1 aliphatic rings. The summed E-state index contributed by atoms with van der Waals surface area (Å²) in [5.74, 6) is 0. The van der Waals surface area contributed by atoms with Crippen LogP contribution >= 0.6 is 0 Å². The molecule has 1 aromatic rings. The third-order valence-corrected chi connectivity index (χ3v) is 4.07. The first kappa shape index (κ1) is 16.5. The number of hydrogen-bond acceptors (Lipinski definition) is 3. The summed E-state index contributed by atoms with van der Waals surface area (Å²) < 4.78 is 5.37. The van der Waals surface area contributed by atoms with Crippen LogP contribution in [-0.4, -0.2) is 44.3 Å². The summed E-state index contributed by atoms with van der Waals surface area (Å²) >= 11 is 0. The van der Waals surface area contributed by atoms with Gasteiger partial charge in [-0.15, -0.1) is 0 Å². The van der Waals surface area contributed by atoms with E-state index in [4.69, 9.17) is 4.74 Å². The lowest BCUT2D eigenvalue weighted by Gasteiger charge is -2.26. The molecule has 118 valence electrons. The van der Waals surface area contributed by atoms with Gasteiger partial charge in [0.25, 0.3) is 0 Å². The van der Waals surface area contributed by atoms with E-state index in [1.165, 1.54) is 24.1 Å². The number of benzene rings is 1. The van der Waals surface area contributed by atoms with Crippen LogP contribution in [0.3, 0.4) is 0 Å². The highest BCUT2D eigenvalue weighted by atomic mass is 16.5. The van der Waals surface area contributed by atoms with E-state index in [1.807, 2.05) is 0 Å². The smallest absolute Gasteiger partial charge is 0.0594 e. The first-order valence-electron chi connectivity index (χ1n) is 8.16. The van der Waals surface area contributed by atoms with E-state index in [2.05, 4.69) is 55.3 Å². The minimum Gasteiger partial charge on any atom is -0.379 e. The van der Waals surface area contributed by atoms with Gasteiger partial charge in [0.2, 0.25) is 0 Å². The third-order valence-electron chi connectivity index (χ3n) is 4.07. The molecule has 1 aliphatic heterocycles. The van der Waals surface area contributed by atoms with Crippen molar-refractivity contribution in [2.75, 3.05) is 39.4 Å². The van der Waals surface area contributed by atoms with Crippen LogP contribution in [0.15, 0.2) is 24.3 Å². The predicted octanol–water partition coefficient (Wildman–Crippen LogP) is 2.80. The zero-order valence-corrected chi connectivity index (χ0v) is 13.8. The van der Waals surface area contributed by atoms with Gasteiger partial charge in [-0.1, -0.05) is 45.0 Å². The molecule has 0 atom stereocenters. The SMILES string of the molecule is CC(C)(C)c1ccccc1CNCCCN1CCOCC1. The average Bonchev–Trinajstić information content (AvgIpc) is 2.47. The molecular formula is C18H30N2O. The zero-order valence-electron chi connectivity index (χ0n) is 13.8. The number of hydrogen-bond donors (Lipinski definition) is 1. The molecule has 0 aliphatic carbocycles. The van der Waals surface area contributed by atoms with E-state index in [1.54, 1.807) is 0 Å². The molecule has 1 saturated heterocycles. The lowest BCUT2D eigenvalue weighted by Crippen LogP contribution is -2.37. The van der Waals surface area contributed by atoms with Gasteiger partial charge in [0.05, 0.1) is 13.2 Å². The van der Waals surface area contributed by atoms with Crippen LogP contribution in [0, 0.1) is 0 Å². The minimum atomic E-state index is 0.214. The van der Waals surface area contributed by atoms with Crippen LogP contribution in [0.2, 0.25) is 0 Å². The van der Waals surface area contributed by atoms with Crippen molar-refractivity contribution in [3.8, 4) is 0 Å². The maximum Gasteiger partial charge on any atom is 0.0594 e. The Morgan fingerprint density at radius 2 is 1.86 bits per heavy atom. The Bertz CT molecular complexity index is 419. The Balaban J connectivity index is 1.71. The summed E-state index contributed by atoms with van der Waals surface area (Å²) in [6.07, 6.45) is 1.21. The van der Waals surface area contributed by atoms with Crippen molar-refractivity contribution in [3.05, 3.63) is 35.4 Å². The first-order chi connectivity index (χ1) is 10.1. The fourth-order valence-electron chi connectivity index (χ4n) is 2.88.